The molecule has 0 bridgehead atoms. The molecule has 0 radical (unpaired) electrons. The molecule has 0 saturated heterocycles. The summed E-state index contributed by atoms with van der Waals surface area (Å²) in [5.74, 6) is -2.00. The molecule has 0 saturated carbocycles. The molecular formula is C14H17NO4. The summed E-state index contributed by atoms with van der Waals surface area (Å²) in [4.78, 5) is 24.7. The number of hydrogen-bond acceptors (Lipinski definition) is 4. The van der Waals surface area contributed by atoms with Crippen molar-refractivity contribution in [1.82, 2.24) is 4.90 Å². The van der Waals surface area contributed by atoms with Crippen molar-refractivity contribution in [2.45, 2.75) is 26.4 Å². The molecule has 1 N–H and O–H groups in total. The Labute approximate surface area is 111 Å². The van der Waals surface area contributed by atoms with Gasteiger partial charge in [0, 0.05) is 25.2 Å². The summed E-state index contributed by atoms with van der Waals surface area (Å²) in [6.07, 6.45) is 5.44. The number of esters is 1. The van der Waals surface area contributed by atoms with E-state index >= 15 is 0 Å². The van der Waals surface area contributed by atoms with Crippen molar-refractivity contribution in [3.05, 3.63) is 35.1 Å². The molecule has 1 heterocycles. The smallest absolute Gasteiger partial charge is 0.346 e. The van der Waals surface area contributed by atoms with E-state index in [0.717, 1.165) is 24.4 Å². The van der Waals surface area contributed by atoms with E-state index < -0.39 is 11.9 Å². The molecule has 2 aliphatic rings. The van der Waals surface area contributed by atoms with Crippen molar-refractivity contribution in [2.24, 2.45) is 0 Å². The third-order valence-electron chi connectivity index (χ3n) is 3.41. The normalized spacial score (nSPS) is 21.7. The number of allylic oxidation sites excluding steroid dienone is 2. The lowest BCUT2D eigenvalue weighted by Crippen LogP contribution is -2.33. The summed E-state index contributed by atoms with van der Waals surface area (Å²) in [7, 11) is 0. The van der Waals surface area contributed by atoms with E-state index in [-0.39, 0.29) is 11.7 Å². The highest BCUT2D eigenvalue weighted by molar-refractivity contribution is 6.14. The number of carbonyl (C=O) groups excluding carboxylic acids is 1. The number of aliphatic carboxylic acids is 1. The second kappa shape index (κ2) is 5.30. The topological polar surface area (TPSA) is 66.8 Å². The fraction of sp³-hybridized carbons (Fsp3) is 0.429. The van der Waals surface area contributed by atoms with Crippen LogP contribution in [0.4, 0.5) is 0 Å². The maximum Gasteiger partial charge on any atom is 0.346 e. The molecule has 0 aromatic carbocycles. The van der Waals surface area contributed by atoms with Crippen LogP contribution in [0.25, 0.3) is 0 Å². The molecule has 2 rings (SSSR count). The quantitative estimate of drug-likeness (QED) is 0.614. The fourth-order valence-electron chi connectivity index (χ4n) is 2.36. The molecule has 0 fully saturated rings. The summed E-state index contributed by atoms with van der Waals surface area (Å²) in [5, 5.41) is 8.90. The largest absolute Gasteiger partial charge is 0.477 e. The molecule has 0 aromatic heterocycles. The summed E-state index contributed by atoms with van der Waals surface area (Å²) < 4.78 is 5.21. The van der Waals surface area contributed by atoms with Crippen molar-refractivity contribution in [3.63, 3.8) is 0 Å². The van der Waals surface area contributed by atoms with Gasteiger partial charge < -0.3 is 14.7 Å². The van der Waals surface area contributed by atoms with E-state index in [1.54, 1.807) is 0 Å². The average molecular weight is 263 g/mol. The van der Waals surface area contributed by atoms with E-state index in [2.05, 4.69) is 18.7 Å². The SMILES string of the molecule is CCN(CC)C1=CC=C2C=C(C(=O)O)C(=O)OC2C1. The second-order valence-corrected chi connectivity index (χ2v) is 4.46. The summed E-state index contributed by atoms with van der Waals surface area (Å²) >= 11 is 0. The Morgan fingerprint density at radius 2 is 2.11 bits per heavy atom. The van der Waals surface area contributed by atoms with Crippen LogP contribution in [0.5, 0.6) is 0 Å². The summed E-state index contributed by atoms with van der Waals surface area (Å²) in [5.41, 5.74) is 1.55. The number of ether oxygens (including phenoxy) is 1. The third-order valence-corrected chi connectivity index (χ3v) is 3.41. The second-order valence-electron chi connectivity index (χ2n) is 4.46. The van der Waals surface area contributed by atoms with Gasteiger partial charge in [0.25, 0.3) is 0 Å². The predicted molar refractivity (Wildman–Crippen MR) is 69.3 cm³/mol. The Bertz CT molecular complexity index is 498. The fourth-order valence-corrected chi connectivity index (χ4v) is 2.36. The molecule has 0 amide bonds. The van der Waals surface area contributed by atoms with Gasteiger partial charge in [-0.2, -0.15) is 0 Å². The first-order valence-corrected chi connectivity index (χ1v) is 6.38. The third kappa shape index (κ3) is 2.54. The number of nitrogens with zero attached hydrogens (tertiary/aromatic N) is 1. The first-order chi connectivity index (χ1) is 9.06. The monoisotopic (exact) mass is 263 g/mol. The van der Waals surface area contributed by atoms with E-state index in [1.807, 2.05) is 12.2 Å². The van der Waals surface area contributed by atoms with Gasteiger partial charge in [-0.3, -0.25) is 0 Å². The van der Waals surface area contributed by atoms with Gasteiger partial charge in [0.2, 0.25) is 0 Å². The molecule has 0 aromatic rings. The van der Waals surface area contributed by atoms with Crippen LogP contribution in [-0.4, -0.2) is 41.1 Å². The maximum absolute atomic E-state index is 11.6. The molecule has 1 atom stereocenters. The Kier molecular flexibility index (Phi) is 3.74. The zero-order valence-corrected chi connectivity index (χ0v) is 11.0. The minimum absolute atomic E-state index is 0.304. The van der Waals surface area contributed by atoms with Gasteiger partial charge in [-0.1, -0.05) is 6.08 Å². The number of fused-ring (bicyclic) bond motifs is 1. The zero-order chi connectivity index (χ0) is 14.0. The number of carboxylic acid groups (broad SMARTS) is 1. The average Bonchev–Trinajstić information content (AvgIpc) is 2.38. The first-order valence-electron chi connectivity index (χ1n) is 6.38. The van der Waals surface area contributed by atoms with Crippen LogP contribution < -0.4 is 0 Å². The Morgan fingerprint density at radius 3 is 2.68 bits per heavy atom. The number of carbonyl (C=O) groups is 2. The van der Waals surface area contributed by atoms with Gasteiger partial charge in [-0.25, -0.2) is 9.59 Å². The van der Waals surface area contributed by atoms with Gasteiger partial charge >= 0.3 is 11.9 Å². The van der Waals surface area contributed by atoms with Crippen LogP contribution in [0, 0.1) is 0 Å². The Morgan fingerprint density at radius 1 is 1.42 bits per heavy atom. The van der Waals surface area contributed by atoms with Gasteiger partial charge in [0.05, 0.1) is 0 Å². The van der Waals surface area contributed by atoms with E-state index in [4.69, 9.17) is 9.84 Å². The summed E-state index contributed by atoms with van der Waals surface area (Å²) in [6, 6.07) is 0. The molecule has 5 nitrogen and oxygen atoms in total. The van der Waals surface area contributed by atoms with Crippen LogP contribution in [0.1, 0.15) is 20.3 Å². The highest BCUT2D eigenvalue weighted by Crippen LogP contribution is 2.29. The van der Waals surface area contributed by atoms with Crippen molar-refractivity contribution < 1.29 is 19.4 Å². The molecule has 0 spiro atoms. The molecule has 5 heteroatoms. The van der Waals surface area contributed by atoms with Gasteiger partial charge in [0.15, 0.2) is 0 Å². The lowest BCUT2D eigenvalue weighted by atomic mass is 9.94. The van der Waals surface area contributed by atoms with Crippen LogP contribution in [-0.2, 0) is 14.3 Å². The highest BCUT2D eigenvalue weighted by atomic mass is 16.5. The molecule has 19 heavy (non-hydrogen) atoms. The van der Waals surface area contributed by atoms with E-state index in [9.17, 15) is 9.59 Å². The molecule has 1 aliphatic carbocycles. The van der Waals surface area contributed by atoms with Crippen LogP contribution in [0.3, 0.4) is 0 Å². The number of carboxylic acids is 1. The van der Waals surface area contributed by atoms with Crippen LogP contribution in [0.15, 0.2) is 35.1 Å². The van der Waals surface area contributed by atoms with Gasteiger partial charge in [-0.15, -0.1) is 0 Å². The number of rotatable bonds is 4. The van der Waals surface area contributed by atoms with Crippen LogP contribution in [0.2, 0.25) is 0 Å². The van der Waals surface area contributed by atoms with Gasteiger partial charge in [0.1, 0.15) is 11.7 Å². The van der Waals surface area contributed by atoms with Crippen molar-refractivity contribution in [1.29, 1.82) is 0 Å². The first kappa shape index (κ1) is 13.4. The number of hydrogen-bond donors (Lipinski definition) is 1. The highest BCUT2D eigenvalue weighted by Gasteiger charge is 2.32. The molecule has 1 aliphatic heterocycles. The van der Waals surface area contributed by atoms with Crippen molar-refractivity contribution in [2.75, 3.05) is 13.1 Å². The maximum atomic E-state index is 11.6. The van der Waals surface area contributed by atoms with Crippen LogP contribution >= 0.6 is 0 Å². The minimum atomic E-state index is -1.25. The molecular weight excluding hydrogens is 246 g/mol. The van der Waals surface area contributed by atoms with Crippen molar-refractivity contribution >= 4 is 11.9 Å². The Balaban J connectivity index is 2.28. The lowest BCUT2D eigenvalue weighted by Gasteiger charge is -2.32. The zero-order valence-electron chi connectivity index (χ0n) is 11.0. The molecule has 1 unspecified atom stereocenters. The standard InChI is InChI=1S/C14H17NO4/c1-3-15(4-2)10-6-5-9-7-11(13(16)17)14(18)19-12(9)8-10/h5-7,12H,3-4,8H2,1-2H3,(H,16,17). The van der Waals surface area contributed by atoms with E-state index in [1.165, 1.54) is 6.08 Å². The Hall–Kier alpha value is -2.04. The predicted octanol–water partition coefficient (Wildman–Crippen LogP) is 1.48. The van der Waals surface area contributed by atoms with Crippen molar-refractivity contribution in [3.8, 4) is 0 Å². The minimum Gasteiger partial charge on any atom is -0.477 e. The van der Waals surface area contributed by atoms with Gasteiger partial charge in [-0.05, 0) is 31.6 Å². The molecule has 102 valence electrons. The lowest BCUT2D eigenvalue weighted by molar-refractivity contribution is -0.147. The summed E-state index contributed by atoms with van der Waals surface area (Å²) in [6.45, 7) is 5.92. The van der Waals surface area contributed by atoms with E-state index in [0.29, 0.717) is 6.42 Å².